The predicted octanol–water partition coefficient (Wildman–Crippen LogP) is 3.50. The van der Waals surface area contributed by atoms with E-state index in [-0.39, 0.29) is 5.91 Å². The summed E-state index contributed by atoms with van der Waals surface area (Å²) in [4.78, 5) is 15.0. The largest absolute Gasteiger partial charge is 0.338 e. The van der Waals surface area contributed by atoms with Crippen molar-refractivity contribution in [1.29, 1.82) is 5.26 Å². The number of hydrogen-bond donors (Lipinski definition) is 0. The maximum absolute atomic E-state index is 12.9. The van der Waals surface area contributed by atoms with Gasteiger partial charge in [-0.25, -0.2) is 0 Å². The van der Waals surface area contributed by atoms with E-state index in [4.69, 9.17) is 0 Å². The standard InChI is InChI=1S/C16H26N2O/c1-3-9-16(12-17,10-4-2)15(19)18(14-7-8-14)11-13-5-6-13/h13-14H,3-11H2,1-2H3. The third-order valence-electron chi connectivity index (χ3n) is 4.38. The molecular weight excluding hydrogens is 236 g/mol. The third-order valence-corrected chi connectivity index (χ3v) is 4.38. The van der Waals surface area contributed by atoms with Crippen LogP contribution in [0.15, 0.2) is 0 Å². The molecule has 3 heteroatoms. The van der Waals surface area contributed by atoms with Crippen LogP contribution in [0.5, 0.6) is 0 Å². The van der Waals surface area contributed by atoms with Crippen molar-refractivity contribution >= 4 is 5.91 Å². The second-order valence-corrected chi connectivity index (χ2v) is 6.33. The topological polar surface area (TPSA) is 44.1 Å². The molecule has 2 aliphatic rings. The molecule has 0 aliphatic heterocycles. The number of nitrogens with zero attached hydrogens (tertiary/aromatic N) is 2. The van der Waals surface area contributed by atoms with Crippen molar-refractivity contribution < 1.29 is 4.79 Å². The number of carbonyl (C=O) groups excluding carboxylic acids is 1. The zero-order chi connectivity index (χ0) is 13.9. The van der Waals surface area contributed by atoms with Gasteiger partial charge in [0.2, 0.25) is 5.91 Å². The average molecular weight is 262 g/mol. The van der Waals surface area contributed by atoms with Crippen molar-refractivity contribution in [3.05, 3.63) is 0 Å². The van der Waals surface area contributed by atoms with Gasteiger partial charge in [0.15, 0.2) is 0 Å². The van der Waals surface area contributed by atoms with Crippen LogP contribution in [-0.2, 0) is 4.79 Å². The van der Waals surface area contributed by atoms with Crippen LogP contribution >= 0.6 is 0 Å². The summed E-state index contributed by atoms with van der Waals surface area (Å²) in [5, 5.41) is 9.61. The van der Waals surface area contributed by atoms with Crippen molar-refractivity contribution in [2.45, 2.75) is 71.3 Å². The molecule has 2 fully saturated rings. The van der Waals surface area contributed by atoms with E-state index in [2.05, 4.69) is 24.8 Å². The molecule has 3 nitrogen and oxygen atoms in total. The first-order chi connectivity index (χ1) is 9.16. The fraction of sp³-hybridized carbons (Fsp3) is 0.875. The van der Waals surface area contributed by atoms with Crippen LogP contribution in [0.1, 0.15) is 65.2 Å². The molecule has 0 unspecified atom stereocenters. The zero-order valence-corrected chi connectivity index (χ0v) is 12.3. The summed E-state index contributed by atoms with van der Waals surface area (Å²) in [6.45, 7) is 5.04. The molecule has 0 aromatic carbocycles. The van der Waals surface area contributed by atoms with E-state index in [0.29, 0.717) is 24.8 Å². The quantitative estimate of drug-likeness (QED) is 0.672. The Labute approximate surface area is 117 Å². The fourth-order valence-electron chi connectivity index (χ4n) is 2.99. The second-order valence-electron chi connectivity index (χ2n) is 6.33. The molecule has 0 bridgehead atoms. The van der Waals surface area contributed by atoms with Gasteiger partial charge in [0.25, 0.3) is 0 Å². The van der Waals surface area contributed by atoms with Crippen molar-refractivity contribution in [2.24, 2.45) is 11.3 Å². The number of hydrogen-bond acceptors (Lipinski definition) is 2. The molecular formula is C16H26N2O. The van der Waals surface area contributed by atoms with Crippen LogP contribution in [0.2, 0.25) is 0 Å². The lowest BCUT2D eigenvalue weighted by Crippen LogP contribution is -2.45. The third kappa shape index (κ3) is 3.29. The fourth-order valence-corrected chi connectivity index (χ4v) is 2.99. The van der Waals surface area contributed by atoms with E-state index in [0.717, 1.165) is 32.2 Å². The highest BCUT2D eigenvalue weighted by atomic mass is 16.2. The monoisotopic (exact) mass is 262 g/mol. The van der Waals surface area contributed by atoms with Gasteiger partial charge in [-0.05, 0) is 44.4 Å². The zero-order valence-electron chi connectivity index (χ0n) is 12.3. The molecule has 2 aliphatic carbocycles. The number of carbonyl (C=O) groups is 1. The summed E-state index contributed by atoms with van der Waals surface area (Å²) in [5.74, 6) is 0.845. The van der Waals surface area contributed by atoms with E-state index < -0.39 is 5.41 Å². The van der Waals surface area contributed by atoms with Crippen LogP contribution in [0.4, 0.5) is 0 Å². The average Bonchev–Trinajstić information content (AvgIpc) is 3.28. The second kappa shape index (κ2) is 5.94. The van der Waals surface area contributed by atoms with E-state index in [9.17, 15) is 10.1 Å². The maximum Gasteiger partial charge on any atom is 0.243 e. The Morgan fingerprint density at radius 1 is 1.21 bits per heavy atom. The first-order valence-corrected chi connectivity index (χ1v) is 7.89. The summed E-state index contributed by atoms with van der Waals surface area (Å²) in [7, 11) is 0. The van der Waals surface area contributed by atoms with Crippen molar-refractivity contribution in [2.75, 3.05) is 6.54 Å². The Balaban J connectivity index is 2.12. The van der Waals surface area contributed by atoms with E-state index in [1.165, 1.54) is 12.8 Å². The van der Waals surface area contributed by atoms with Crippen LogP contribution in [0.3, 0.4) is 0 Å². The Hall–Kier alpha value is -1.04. The molecule has 0 radical (unpaired) electrons. The first-order valence-electron chi connectivity index (χ1n) is 7.89. The highest BCUT2D eigenvalue weighted by Crippen LogP contribution is 2.39. The Morgan fingerprint density at radius 3 is 2.16 bits per heavy atom. The van der Waals surface area contributed by atoms with E-state index in [1.54, 1.807) is 0 Å². The van der Waals surface area contributed by atoms with Gasteiger partial charge in [-0.1, -0.05) is 26.7 Å². The molecule has 1 amide bonds. The summed E-state index contributed by atoms with van der Waals surface area (Å²) in [5.41, 5.74) is -0.749. The Morgan fingerprint density at radius 2 is 1.79 bits per heavy atom. The minimum atomic E-state index is -0.749. The summed E-state index contributed by atoms with van der Waals surface area (Å²) >= 11 is 0. The van der Waals surface area contributed by atoms with Crippen LogP contribution < -0.4 is 0 Å². The molecule has 0 aromatic heterocycles. The smallest absolute Gasteiger partial charge is 0.243 e. The Bertz CT molecular complexity index is 357. The molecule has 0 saturated heterocycles. The van der Waals surface area contributed by atoms with Gasteiger partial charge in [-0.3, -0.25) is 4.79 Å². The molecule has 0 aromatic rings. The summed E-state index contributed by atoms with van der Waals surface area (Å²) < 4.78 is 0. The SMILES string of the molecule is CCCC(C#N)(CCC)C(=O)N(CC1CC1)C1CC1. The predicted molar refractivity (Wildman–Crippen MR) is 75.3 cm³/mol. The molecule has 19 heavy (non-hydrogen) atoms. The van der Waals surface area contributed by atoms with Crippen LogP contribution in [-0.4, -0.2) is 23.4 Å². The minimum absolute atomic E-state index is 0.133. The highest BCUT2D eigenvalue weighted by molar-refractivity contribution is 5.86. The molecule has 0 N–H and O–H groups in total. The van der Waals surface area contributed by atoms with Gasteiger partial charge in [0, 0.05) is 12.6 Å². The number of amides is 1. The molecule has 2 rings (SSSR count). The first kappa shape index (κ1) is 14.4. The van der Waals surface area contributed by atoms with Gasteiger partial charge in [-0.15, -0.1) is 0 Å². The van der Waals surface area contributed by atoms with Gasteiger partial charge >= 0.3 is 0 Å². The lowest BCUT2D eigenvalue weighted by Gasteiger charge is -2.32. The molecule has 0 spiro atoms. The van der Waals surface area contributed by atoms with Crippen molar-refractivity contribution in [3.63, 3.8) is 0 Å². The van der Waals surface area contributed by atoms with Gasteiger partial charge in [-0.2, -0.15) is 5.26 Å². The summed E-state index contributed by atoms with van der Waals surface area (Å²) in [6, 6.07) is 2.82. The van der Waals surface area contributed by atoms with E-state index >= 15 is 0 Å². The van der Waals surface area contributed by atoms with Crippen LogP contribution in [0.25, 0.3) is 0 Å². The normalized spacial score (nSPS) is 19.0. The lowest BCUT2D eigenvalue weighted by atomic mass is 9.79. The number of nitriles is 1. The maximum atomic E-state index is 12.9. The van der Waals surface area contributed by atoms with E-state index in [1.807, 2.05) is 0 Å². The lowest BCUT2D eigenvalue weighted by molar-refractivity contribution is -0.140. The van der Waals surface area contributed by atoms with Crippen molar-refractivity contribution in [3.8, 4) is 6.07 Å². The van der Waals surface area contributed by atoms with Crippen molar-refractivity contribution in [1.82, 2.24) is 4.90 Å². The number of rotatable bonds is 8. The van der Waals surface area contributed by atoms with Gasteiger partial charge in [0.05, 0.1) is 6.07 Å². The van der Waals surface area contributed by atoms with Gasteiger partial charge in [0.1, 0.15) is 5.41 Å². The highest BCUT2D eigenvalue weighted by Gasteiger charge is 2.45. The minimum Gasteiger partial charge on any atom is -0.338 e. The van der Waals surface area contributed by atoms with Crippen LogP contribution in [0, 0.1) is 22.7 Å². The van der Waals surface area contributed by atoms with Gasteiger partial charge < -0.3 is 4.90 Å². The molecule has 2 saturated carbocycles. The molecule has 0 atom stereocenters. The summed E-state index contributed by atoms with van der Waals surface area (Å²) in [6.07, 6.45) is 8.03. The molecule has 0 heterocycles. The molecule has 106 valence electrons. The Kier molecular flexibility index (Phi) is 4.50.